The van der Waals surface area contributed by atoms with Gasteiger partial charge in [-0.15, -0.1) is 0 Å². The van der Waals surface area contributed by atoms with Crippen LogP contribution in [0.25, 0.3) is 0 Å². The molecule has 0 spiro atoms. The van der Waals surface area contributed by atoms with E-state index in [9.17, 15) is 0 Å². The molecular formula is C19H25N3O. The molecule has 4 nitrogen and oxygen atoms in total. The van der Waals surface area contributed by atoms with Crippen LogP contribution >= 0.6 is 0 Å². The predicted octanol–water partition coefficient (Wildman–Crippen LogP) is 3.61. The highest BCUT2D eigenvalue weighted by molar-refractivity contribution is 5.92. The average molecular weight is 311 g/mol. The minimum Gasteiger partial charge on any atom is -0.497 e. The van der Waals surface area contributed by atoms with Gasteiger partial charge >= 0.3 is 0 Å². The van der Waals surface area contributed by atoms with E-state index in [1.807, 2.05) is 36.4 Å². The zero-order valence-corrected chi connectivity index (χ0v) is 14.0. The molecule has 23 heavy (non-hydrogen) atoms. The molecule has 2 aromatic rings. The summed E-state index contributed by atoms with van der Waals surface area (Å²) in [7, 11) is 1.68. The Bertz CT molecular complexity index is 633. The summed E-state index contributed by atoms with van der Waals surface area (Å²) < 4.78 is 5.17. The highest BCUT2D eigenvalue weighted by Gasteiger charge is 2.04. The Morgan fingerprint density at radius 3 is 2.39 bits per heavy atom. The van der Waals surface area contributed by atoms with Gasteiger partial charge in [-0.05, 0) is 49.1 Å². The summed E-state index contributed by atoms with van der Waals surface area (Å²) in [5.74, 6) is 1.75. The van der Waals surface area contributed by atoms with Crippen LogP contribution in [-0.2, 0) is 6.42 Å². The Kier molecular flexibility index (Phi) is 6.03. The first-order valence-corrected chi connectivity index (χ1v) is 7.83. The number of methoxy groups -OCH3 is 1. The van der Waals surface area contributed by atoms with E-state index >= 15 is 0 Å². The topological polar surface area (TPSA) is 59.6 Å². The van der Waals surface area contributed by atoms with Crippen LogP contribution < -0.4 is 15.8 Å². The number of nitrogens with zero attached hydrogens (tertiary/aromatic N) is 1. The average Bonchev–Trinajstić information content (AvgIpc) is 2.56. The molecule has 0 saturated carbocycles. The summed E-state index contributed by atoms with van der Waals surface area (Å²) in [4.78, 5) is 4.43. The molecule has 0 heterocycles. The zero-order valence-electron chi connectivity index (χ0n) is 14.0. The number of aliphatic imine (C=N–C) groups is 1. The van der Waals surface area contributed by atoms with E-state index in [0.29, 0.717) is 18.4 Å². The van der Waals surface area contributed by atoms with E-state index in [0.717, 1.165) is 17.9 Å². The monoisotopic (exact) mass is 311 g/mol. The zero-order chi connectivity index (χ0) is 16.7. The molecule has 1 atom stereocenters. The van der Waals surface area contributed by atoms with Gasteiger partial charge in [-0.3, -0.25) is 4.99 Å². The molecule has 3 N–H and O–H groups in total. The largest absolute Gasteiger partial charge is 0.497 e. The van der Waals surface area contributed by atoms with Crippen molar-refractivity contribution in [1.82, 2.24) is 0 Å². The quantitative estimate of drug-likeness (QED) is 0.633. The number of benzene rings is 2. The summed E-state index contributed by atoms with van der Waals surface area (Å²) in [6.07, 6.45) is 0.964. The van der Waals surface area contributed by atoms with Crippen molar-refractivity contribution < 1.29 is 4.74 Å². The van der Waals surface area contributed by atoms with Gasteiger partial charge in [-0.2, -0.15) is 0 Å². The number of aryl methyl sites for hydroxylation is 1. The van der Waals surface area contributed by atoms with Gasteiger partial charge in [0.1, 0.15) is 5.75 Å². The maximum Gasteiger partial charge on any atom is 0.193 e. The maximum atomic E-state index is 5.95. The summed E-state index contributed by atoms with van der Waals surface area (Å²) in [6, 6.07) is 16.2. The van der Waals surface area contributed by atoms with Crippen LogP contribution in [0.15, 0.2) is 53.5 Å². The molecule has 1 unspecified atom stereocenters. The minimum atomic E-state index is 0.418. The highest BCUT2D eigenvalue weighted by Crippen LogP contribution is 2.15. The summed E-state index contributed by atoms with van der Waals surface area (Å²) >= 11 is 0. The van der Waals surface area contributed by atoms with Gasteiger partial charge in [-0.1, -0.05) is 36.8 Å². The standard InChI is InChI=1S/C19H25N3O/c1-14-4-8-17(9-5-14)22-19(20)21-13-15(2)12-16-6-10-18(23-3)11-7-16/h4-11,15H,12-13H2,1-3H3,(H3,20,21,22). The van der Waals surface area contributed by atoms with Crippen LogP contribution in [0.3, 0.4) is 0 Å². The number of nitrogens with two attached hydrogens (primary N) is 1. The molecule has 0 aliphatic heterocycles. The van der Waals surface area contributed by atoms with Gasteiger partial charge in [-0.25, -0.2) is 0 Å². The van der Waals surface area contributed by atoms with E-state index in [4.69, 9.17) is 10.5 Å². The number of nitrogens with one attached hydrogen (secondary N) is 1. The molecule has 0 aliphatic rings. The lowest BCUT2D eigenvalue weighted by atomic mass is 10.0. The fraction of sp³-hybridized carbons (Fsp3) is 0.316. The molecule has 0 radical (unpaired) electrons. The van der Waals surface area contributed by atoms with Crippen molar-refractivity contribution in [3.05, 3.63) is 59.7 Å². The smallest absolute Gasteiger partial charge is 0.193 e. The third kappa shape index (κ3) is 5.66. The highest BCUT2D eigenvalue weighted by atomic mass is 16.5. The lowest BCUT2D eigenvalue weighted by Gasteiger charge is -2.11. The van der Waals surface area contributed by atoms with Crippen molar-refractivity contribution in [2.75, 3.05) is 19.0 Å². The molecule has 0 amide bonds. The Morgan fingerprint density at radius 2 is 1.78 bits per heavy atom. The fourth-order valence-corrected chi connectivity index (χ4v) is 2.31. The van der Waals surface area contributed by atoms with E-state index in [-0.39, 0.29) is 0 Å². The van der Waals surface area contributed by atoms with Crippen molar-refractivity contribution in [3.63, 3.8) is 0 Å². The SMILES string of the molecule is COc1ccc(CC(C)CN=C(N)Nc2ccc(C)cc2)cc1. The van der Waals surface area contributed by atoms with E-state index in [2.05, 4.69) is 36.3 Å². The molecular weight excluding hydrogens is 286 g/mol. The fourth-order valence-electron chi connectivity index (χ4n) is 2.31. The third-order valence-electron chi connectivity index (χ3n) is 3.64. The number of rotatable bonds is 6. The van der Waals surface area contributed by atoms with Gasteiger partial charge in [0.25, 0.3) is 0 Å². The molecule has 122 valence electrons. The van der Waals surface area contributed by atoms with Crippen LogP contribution in [0.4, 0.5) is 5.69 Å². The van der Waals surface area contributed by atoms with Crippen LogP contribution in [0.1, 0.15) is 18.1 Å². The third-order valence-corrected chi connectivity index (χ3v) is 3.64. The molecule has 4 heteroatoms. The molecule has 0 fully saturated rings. The summed E-state index contributed by atoms with van der Waals surface area (Å²) in [6.45, 7) is 4.92. The summed E-state index contributed by atoms with van der Waals surface area (Å²) in [5.41, 5.74) is 9.40. The van der Waals surface area contributed by atoms with Crippen LogP contribution in [-0.4, -0.2) is 19.6 Å². The van der Waals surface area contributed by atoms with Crippen molar-refractivity contribution in [1.29, 1.82) is 0 Å². The molecule has 2 aromatic carbocycles. The Labute approximate surface area is 138 Å². The molecule has 0 aromatic heterocycles. The first-order valence-electron chi connectivity index (χ1n) is 7.83. The van der Waals surface area contributed by atoms with Crippen molar-refractivity contribution in [2.45, 2.75) is 20.3 Å². The predicted molar refractivity (Wildman–Crippen MR) is 97.2 cm³/mol. The second kappa shape index (κ2) is 8.22. The number of guanidine groups is 1. The van der Waals surface area contributed by atoms with E-state index in [1.54, 1.807) is 7.11 Å². The van der Waals surface area contributed by atoms with Crippen molar-refractivity contribution in [3.8, 4) is 5.75 Å². The molecule has 2 rings (SSSR count). The number of hydrogen-bond donors (Lipinski definition) is 2. The van der Waals surface area contributed by atoms with Crippen molar-refractivity contribution in [2.24, 2.45) is 16.6 Å². The number of hydrogen-bond acceptors (Lipinski definition) is 2. The van der Waals surface area contributed by atoms with Crippen LogP contribution in [0.2, 0.25) is 0 Å². The lowest BCUT2D eigenvalue weighted by molar-refractivity contribution is 0.414. The van der Waals surface area contributed by atoms with Gasteiger partial charge in [0, 0.05) is 12.2 Å². The lowest BCUT2D eigenvalue weighted by Crippen LogP contribution is -2.23. The van der Waals surface area contributed by atoms with Gasteiger partial charge in [0.15, 0.2) is 5.96 Å². The number of anilines is 1. The van der Waals surface area contributed by atoms with E-state index < -0.39 is 0 Å². The normalized spacial score (nSPS) is 12.7. The summed E-state index contributed by atoms with van der Waals surface area (Å²) in [5, 5.41) is 3.11. The molecule has 0 saturated heterocycles. The second-order valence-corrected chi connectivity index (χ2v) is 5.87. The first-order chi connectivity index (χ1) is 11.1. The van der Waals surface area contributed by atoms with E-state index in [1.165, 1.54) is 11.1 Å². The van der Waals surface area contributed by atoms with Crippen molar-refractivity contribution >= 4 is 11.6 Å². The Morgan fingerprint density at radius 1 is 1.13 bits per heavy atom. The van der Waals surface area contributed by atoms with Crippen LogP contribution in [0.5, 0.6) is 5.75 Å². The molecule has 0 bridgehead atoms. The van der Waals surface area contributed by atoms with Gasteiger partial charge in [0.05, 0.1) is 7.11 Å². The first kappa shape index (κ1) is 16.9. The minimum absolute atomic E-state index is 0.418. The Hall–Kier alpha value is -2.49. The second-order valence-electron chi connectivity index (χ2n) is 5.87. The van der Waals surface area contributed by atoms with Gasteiger partial charge < -0.3 is 15.8 Å². The maximum absolute atomic E-state index is 5.95. The molecule has 0 aliphatic carbocycles. The van der Waals surface area contributed by atoms with Gasteiger partial charge in [0.2, 0.25) is 0 Å². The number of ether oxygens (including phenoxy) is 1. The Balaban J connectivity index is 1.83. The van der Waals surface area contributed by atoms with Crippen LogP contribution in [0, 0.1) is 12.8 Å².